The van der Waals surface area contributed by atoms with Gasteiger partial charge in [0.15, 0.2) is 0 Å². The highest BCUT2D eigenvalue weighted by Gasteiger charge is 2.13. The number of nitrogens with one attached hydrogen (secondary N) is 1. The molecule has 0 aliphatic rings. The van der Waals surface area contributed by atoms with Gasteiger partial charge in [0.05, 0.1) is 17.7 Å². The van der Waals surface area contributed by atoms with Gasteiger partial charge in [0.25, 0.3) is 0 Å². The molecule has 152 valence electrons. The first-order chi connectivity index (χ1) is 13.7. The number of aromatic nitrogens is 2. The Hall–Kier alpha value is -3.15. The Labute approximate surface area is 171 Å². The van der Waals surface area contributed by atoms with Crippen LogP contribution in [0, 0.1) is 19.7 Å². The fourth-order valence-corrected chi connectivity index (χ4v) is 3.11. The van der Waals surface area contributed by atoms with E-state index in [4.69, 9.17) is 0 Å². The van der Waals surface area contributed by atoms with Crippen LogP contribution in [0.1, 0.15) is 42.1 Å². The van der Waals surface area contributed by atoms with Crippen LogP contribution in [0.25, 0.3) is 5.69 Å². The average Bonchev–Trinajstić information content (AvgIpc) is 3.09. The summed E-state index contributed by atoms with van der Waals surface area (Å²) in [6.07, 6.45) is 3.31. The second kappa shape index (κ2) is 8.47. The van der Waals surface area contributed by atoms with Crippen LogP contribution in [0.4, 0.5) is 14.9 Å². The summed E-state index contributed by atoms with van der Waals surface area (Å²) in [6.45, 7) is 8.66. The van der Waals surface area contributed by atoms with E-state index in [2.05, 4.69) is 42.3 Å². The number of carbonyl (C=O) groups excluding carboxylic acids is 1. The number of amides is 2. The lowest BCUT2D eigenvalue weighted by Crippen LogP contribution is -2.31. The van der Waals surface area contributed by atoms with Crippen molar-refractivity contribution in [2.24, 2.45) is 0 Å². The van der Waals surface area contributed by atoms with Gasteiger partial charge in [-0.25, -0.2) is 14.2 Å². The van der Waals surface area contributed by atoms with E-state index in [1.807, 2.05) is 13.8 Å². The highest BCUT2D eigenvalue weighted by Crippen LogP contribution is 2.21. The first-order valence-corrected chi connectivity index (χ1v) is 9.66. The first kappa shape index (κ1) is 20.6. The lowest BCUT2D eigenvalue weighted by Gasteiger charge is -2.20. The summed E-state index contributed by atoms with van der Waals surface area (Å²) in [7, 11) is 1.73. The molecule has 0 atom stereocenters. The summed E-state index contributed by atoms with van der Waals surface area (Å²) in [6, 6.07) is 10.7. The molecule has 6 heteroatoms. The molecule has 0 aliphatic carbocycles. The number of rotatable bonds is 5. The molecule has 0 aliphatic heterocycles. The van der Waals surface area contributed by atoms with Crippen molar-refractivity contribution >= 4 is 11.7 Å². The molecule has 29 heavy (non-hydrogen) atoms. The van der Waals surface area contributed by atoms with Gasteiger partial charge in [-0.2, -0.15) is 0 Å². The number of halogens is 1. The Balaban J connectivity index is 1.70. The van der Waals surface area contributed by atoms with E-state index in [-0.39, 0.29) is 6.03 Å². The number of nitrogens with zero attached hydrogens (tertiary/aromatic N) is 3. The molecule has 0 bridgehead atoms. The van der Waals surface area contributed by atoms with Crippen LogP contribution < -0.4 is 5.32 Å². The van der Waals surface area contributed by atoms with Crippen LogP contribution in [-0.4, -0.2) is 27.5 Å². The van der Waals surface area contributed by atoms with E-state index in [1.54, 1.807) is 41.2 Å². The molecule has 0 radical (unpaired) electrons. The zero-order valence-corrected chi connectivity index (χ0v) is 17.5. The largest absolute Gasteiger partial charge is 0.323 e. The number of benzene rings is 2. The van der Waals surface area contributed by atoms with Crippen molar-refractivity contribution in [3.8, 4) is 5.69 Å². The minimum atomic E-state index is -0.427. The Bertz CT molecular complexity index is 1030. The van der Waals surface area contributed by atoms with E-state index in [1.165, 1.54) is 11.6 Å². The maximum absolute atomic E-state index is 14.5. The van der Waals surface area contributed by atoms with E-state index in [9.17, 15) is 9.18 Å². The standard InChI is InChI=1S/C23H27FN4O/c1-15(2)18-7-6-16(3)19(10-18)13-27(5)23(29)26-20-8-9-22(21(24)11-20)28-12-17(4)25-14-28/h6-12,14-15H,13H2,1-5H3,(H,26,29). The number of imidazole rings is 1. The minimum Gasteiger partial charge on any atom is -0.323 e. The van der Waals surface area contributed by atoms with Gasteiger partial charge in [0.1, 0.15) is 5.82 Å². The minimum absolute atomic E-state index is 0.287. The van der Waals surface area contributed by atoms with Crippen LogP contribution >= 0.6 is 0 Å². The van der Waals surface area contributed by atoms with Gasteiger partial charge in [-0.3, -0.25) is 0 Å². The lowest BCUT2D eigenvalue weighted by molar-refractivity contribution is 0.220. The Morgan fingerprint density at radius 3 is 2.59 bits per heavy atom. The van der Waals surface area contributed by atoms with Gasteiger partial charge >= 0.3 is 6.03 Å². The van der Waals surface area contributed by atoms with Gasteiger partial charge in [-0.15, -0.1) is 0 Å². The first-order valence-electron chi connectivity index (χ1n) is 9.66. The quantitative estimate of drug-likeness (QED) is 0.628. The van der Waals surface area contributed by atoms with Crippen molar-refractivity contribution in [2.75, 3.05) is 12.4 Å². The fraction of sp³-hybridized carbons (Fsp3) is 0.304. The normalized spacial score (nSPS) is 11.0. The van der Waals surface area contributed by atoms with Gasteiger partial charge < -0.3 is 14.8 Å². The van der Waals surface area contributed by atoms with Crippen LogP contribution in [0.15, 0.2) is 48.9 Å². The summed E-state index contributed by atoms with van der Waals surface area (Å²) < 4.78 is 16.1. The zero-order valence-electron chi connectivity index (χ0n) is 17.5. The maximum Gasteiger partial charge on any atom is 0.321 e. The summed E-state index contributed by atoms with van der Waals surface area (Å²) in [5.74, 6) is -0.00223. The van der Waals surface area contributed by atoms with Crippen molar-refractivity contribution in [1.82, 2.24) is 14.5 Å². The maximum atomic E-state index is 14.5. The number of urea groups is 1. The third-order valence-corrected chi connectivity index (χ3v) is 4.98. The van der Waals surface area contributed by atoms with E-state index in [0.717, 1.165) is 16.8 Å². The molecule has 2 amide bonds. The number of aryl methyl sites for hydroxylation is 2. The SMILES string of the molecule is Cc1cn(-c2ccc(NC(=O)N(C)Cc3cc(C(C)C)ccc3C)cc2F)cn1. The van der Waals surface area contributed by atoms with Crippen molar-refractivity contribution in [2.45, 2.75) is 40.2 Å². The second-order valence-electron chi connectivity index (χ2n) is 7.72. The highest BCUT2D eigenvalue weighted by molar-refractivity contribution is 5.89. The van der Waals surface area contributed by atoms with Crippen molar-refractivity contribution in [3.63, 3.8) is 0 Å². The lowest BCUT2D eigenvalue weighted by atomic mass is 9.97. The Morgan fingerprint density at radius 1 is 1.21 bits per heavy atom. The number of carbonyl (C=O) groups is 1. The van der Waals surface area contributed by atoms with E-state index < -0.39 is 5.82 Å². The molecule has 0 unspecified atom stereocenters. The molecule has 3 aromatic rings. The van der Waals surface area contributed by atoms with Crippen LogP contribution in [0.5, 0.6) is 0 Å². The predicted molar refractivity (Wildman–Crippen MR) is 114 cm³/mol. The van der Waals surface area contributed by atoms with Crippen molar-refractivity contribution in [1.29, 1.82) is 0 Å². The average molecular weight is 394 g/mol. The Morgan fingerprint density at radius 2 is 1.97 bits per heavy atom. The summed E-state index contributed by atoms with van der Waals surface area (Å²) in [5.41, 5.74) is 5.09. The Kier molecular flexibility index (Phi) is 6.01. The predicted octanol–water partition coefficient (Wildman–Crippen LogP) is 5.42. The number of hydrogen-bond acceptors (Lipinski definition) is 2. The molecule has 2 aromatic carbocycles. The monoisotopic (exact) mass is 394 g/mol. The zero-order chi connectivity index (χ0) is 21.1. The van der Waals surface area contributed by atoms with E-state index >= 15 is 0 Å². The van der Waals surface area contributed by atoms with Crippen LogP contribution in [-0.2, 0) is 6.54 Å². The van der Waals surface area contributed by atoms with Gasteiger partial charge in [0.2, 0.25) is 0 Å². The highest BCUT2D eigenvalue weighted by atomic mass is 19.1. The molecule has 1 aromatic heterocycles. The number of hydrogen-bond donors (Lipinski definition) is 1. The second-order valence-corrected chi connectivity index (χ2v) is 7.72. The third-order valence-electron chi connectivity index (χ3n) is 4.98. The topological polar surface area (TPSA) is 50.2 Å². The van der Waals surface area contributed by atoms with Gasteiger partial charge in [0, 0.05) is 25.5 Å². The molecule has 1 N–H and O–H groups in total. The third kappa shape index (κ3) is 4.83. The summed E-state index contributed by atoms with van der Waals surface area (Å²) in [4.78, 5) is 18.3. The fourth-order valence-electron chi connectivity index (χ4n) is 3.11. The molecule has 0 saturated carbocycles. The van der Waals surface area contributed by atoms with Crippen LogP contribution in [0.2, 0.25) is 0 Å². The van der Waals surface area contributed by atoms with Crippen molar-refractivity contribution in [3.05, 3.63) is 77.1 Å². The van der Waals surface area contributed by atoms with Gasteiger partial charge in [-0.1, -0.05) is 32.0 Å². The molecule has 0 saturated heterocycles. The van der Waals surface area contributed by atoms with E-state index in [0.29, 0.717) is 23.8 Å². The molecule has 0 spiro atoms. The summed E-state index contributed by atoms with van der Waals surface area (Å²) >= 11 is 0. The van der Waals surface area contributed by atoms with Crippen LogP contribution in [0.3, 0.4) is 0 Å². The summed E-state index contributed by atoms with van der Waals surface area (Å²) in [5, 5.41) is 2.77. The molecule has 5 nitrogen and oxygen atoms in total. The van der Waals surface area contributed by atoms with Crippen molar-refractivity contribution < 1.29 is 9.18 Å². The molecule has 3 rings (SSSR count). The molecule has 0 fully saturated rings. The van der Waals surface area contributed by atoms with Gasteiger partial charge in [-0.05, 0) is 54.7 Å². The molecular formula is C23H27FN4O. The molecular weight excluding hydrogens is 367 g/mol. The molecule has 1 heterocycles. The smallest absolute Gasteiger partial charge is 0.321 e. The number of anilines is 1.